The Morgan fingerprint density at radius 1 is 1.34 bits per heavy atom. The number of nitrogens with two attached hydrogens (primary N) is 2. The zero-order chi connectivity index (χ0) is 20.6. The van der Waals surface area contributed by atoms with Gasteiger partial charge in [-0.15, -0.1) is 0 Å². The van der Waals surface area contributed by atoms with Gasteiger partial charge in [-0.2, -0.15) is 4.98 Å². The van der Waals surface area contributed by atoms with E-state index in [2.05, 4.69) is 40.8 Å². The lowest BCUT2D eigenvalue weighted by Crippen LogP contribution is -2.51. The second-order valence-electron chi connectivity index (χ2n) is 7.88. The van der Waals surface area contributed by atoms with Crippen LogP contribution in [0.15, 0.2) is 52.4 Å². The predicted molar refractivity (Wildman–Crippen MR) is 112 cm³/mol. The highest BCUT2D eigenvalue weighted by molar-refractivity contribution is 6.09. The number of aliphatic hydroxyl groups is 1. The van der Waals surface area contributed by atoms with E-state index in [0.717, 1.165) is 29.5 Å². The molecule has 2 fully saturated rings. The van der Waals surface area contributed by atoms with Gasteiger partial charge in [-0.3, -0.25) is 0 Å². The fourth-order valence-corrected chi connectivity index (χ4v) is 3.75. The van der Waals surface area contributed by atoms with E-state index in [1.807, 2.05) is 17.0 Å². The number of anilines is 1. The first-order chi connectivity index (χ1) is 13.9. The van der Waals surface area contributed by atoms with E-state index >= 15 is 0 Å². The van der Waals surface area contributed by atoms with Gasteiger partial charge in [0.25, 0.3) is 0 Å². The Kier molecular flexibility index (Phi) is 4.87. The average molecular weight is 394 g/mol. The van der Waals surface area contributed by atoms with Crippen LogP contribution in [0.25, 0.3) is 5.57 Å². The minimum Gasteiger partial charge on any atom is -0.404 e. The van der Waals surface area contributed by atoms with Crippen molar-refractivity contribution in [2.45, 2.75) is 31.3 Å². The summed E-state index contributed by atoms with van der Waals surface area (Å²) in [6.07, 6.45) is 5.03. The summed E-state index contributed by atoms with van der Waals surface area (Å²) in [7, 11) is 0. The van der Waals surface area contributed by atoms with E-state index < -0.39 is 0 Å². The van der Waals surface area contributed by atoms with Crippen molar-refractivity contribution in [3.63, 3.8) is 0 Å². The predicted octanol–water partition coefficient (Wildman–Crippen LogP) is 1.77. The fourth-order valence-electron chi connectivity index (χ4n) is 3.75. The standard InChI is InChI=1S/C21H26N6O2/c1-13(23)24-10-15(9-22)14-3-5-16(6-4-14)21(2,17-7-8-17)19-25-20(29-26-19)27-11-18(28)12-27/h3-6,9-10,17-18,28H,1,7-8,11-12,22-23H2,2H3/b15-9+,24-10?. The molecular weight excluding hydrogens is 368 g/mol. The molecule has 4 rings (SSSR count). The van der Waals surface area contributed by atoms with Gasteiger partial charge in [0.05, 0.1) is 24.6 Å². The van der Waals surface area contributed by atoms with Gasteiger partial charge < -0.3 is 26.0 Å². The first-order valence-corrected chi connectivity index (χ1v) is 9.70. The number of β-amino-alcohol motifs (C(OH)–C–C–N with tert-alkyl or cyclic N) is 1. The summed E-state index contributed by atoms with van der Waals surface area (Å²) in [6, 6.07) is 8.64. The van der Waals surface area contributed by atoms with Gasteiger partial charge in [-0.05, 0) is 36.8 Å². The molecule has 5 N–H and O–H groups in total. The lowest BCUT2D eigenvalue weighted by atomic mass is 9.76. The highest BCUT2D eigenvalue weighted by atomic mass is 16.5. The van der Waals surface area contributed by atoms with Gasteiger partial charge in [0, 0.05) is 18.0 Å². The van der Waals surface area contributed by atoms with E-state index in [-0.39, 0.29) is 17.3 Å². The quantitative estimate of drug-likeness (QED) is 0.611. The second-order valence-corrected chi connectivity index (χ2v) is 7.88. The summed E-state index contributed by atoms with van der Waals surface area (Å²) < 4.78 is 5.49. The van der Waals surface area contributed by atoms with Crippen molar-refractivity contribution in [2.24, 2.45) is 22.4 Å². The Balaban J connectivity index is 1.61. The molecule has 8 nitrogen and oxygen atoms in total. The van der Waals surface area contributed by atoms with Crippen molar-refractivity contribution in [1.82, 2.24) is 10.1 Å². The molecule has 0 amide bonds. The molecule has 1 unspecified atom stereocenters. The summed E-state index contributed by atoms with van der Waals surface area (Å²) in [5.41, 5.74) is 13.7. The van der Waals surface area contributed by atoms with Gasteiger partial charge in [0.1, 0.15) is 5.82 Å². The maximum atomic E-state index is 9.52. The van der Waals surface area contributed by atoms with E-state index in [9.17, 15) is 5.11 Å². The van der Waals surface area contributed by atoms with Crippen LogP contribution >= 0.6 is 0 Å². The Morgan fingerprint density at radius 3 is 2.59 bits per heavy atom. The van der Waals surface area contributed by atoms with Crippen LogP contribution < -0.4 is 16.4 Å². The highest BCUT2D eigenvalue weighted by Gasteiger charge is 2.47. The van der Waals surface area contributed by atoms with E-state index in [4.69, 9.17) is 16.0 Å². The molecular formula is C21H26N6O2. The Hall–Kier alpha value is -3.13. The molecule has 2 heterocycles. The third-order valence-electron chi connectivity index (χ3n) is 5.77. The zero-order valence-corrected chi connectivity index (χ0v) is 16.5. The maximum Gasteiger partial charge on any atom is 0.324 e. The summed E-state index contributed by atoms with van der Waals surface area (Å²) in [4.78, 5) is 10.6. The Morgan fingerprint density at radius 2 is 2.03 bits per heavy atom. The molecule has 0 bridgehead atoms. The van der Waals surface area contributed by atoms with Gasteiger partial charge in [0.15, 0.2) is 5.82 Å². The van der Waals surface area contributed by atoms with Crippen LogP contribution in [0.3, 0.4) is 0 Å². The van der Waals surface area contributed by atoms with E-state index in [1.165, 1.54) is 6.20 Å². The molecule has 2 aromatic rings. The average Bonchev–Trinajstić information content (AvgIpc) is 3.43. The third kappa shape index (κ3) is 3.63. The Labute approximate surface area is 169 Å². The number of hydrogen-bond acceptors (Lipinski definition) is 8. The number of nitrogens with zero attached hydrogens (tertiary/aromatic N) is 4. The van der Waals surface area contributed by atoms with Crippen molar-refractivity contribution in [1.29, 1.82) is 0 Å². The fraction of sp³-hybridized carbons (Fsp3) is 0.381. The van der Waals surface area contributed by atoms with Gasteiger partial charge in [-0.1, -0.05) is 36.0 Å². The smallest absolute Gasteiger partial charge is 0.324 e. The van der Waals surface area contributed by atoms with Crippen molar-refractivity contribution in [2.75, 3.05) is 18.0 Å². The van der Waals surface area contributed by atoms with Crippen molar-refractivity contribution < 1.29 is 9.63 Å². The number of rotatable bonds is 7. The van der Waals surface area contributed by atoms with Crippen LogP contribution in [0, 0.1) is 5.92 Å². The Bertz CT molecular complexity index is 954. The number of aliphatic hydroxyl groups excluding tert-OH is 1. The summed E-state index contributed by atoms with van der Waals surface area (Å²) in [6.45, 7) is 6.79. The highest BCUT2D eigenvalue weighted by Crippen LogP contribution is 2.50. The molecule has 0 radical (unpaired) electrons. The molecule has 1 aliphatic carbocycles. The van der Waals surface area contributed by atoms with Crippen LogP contribution in [0.1, 0.15) is 36.7 Å². The summed E-state index contributed by atoms with van der Waals surface area (Å²) >= 11 is 0. The van der Waals surface area contributed by atoms with Crippen molar-refractivity contribution in [3.05, 3.63) is 59.8 Å². The minimum absolute atomic E-state index is 0.227. The molecule has 8 heteroatoms. The van der Waals surface area contributed by atoms with Crippen LogP contribution in [0.2, 0.25) is 0 Å². The molecule has 152 valence electrons. The number of hydrogen-bond donors (Lipinski definition) is 3. The number of allylic oxidation sites excluding steroid dienone is 1. The normalized spacial score (nSPS) is 19.9. The molecule has 1 aromatic heterocycles. The molecule has 1 atom stereocenters. The molecule has 29 heavy (non-hydrogen) atoms. The minimum atomic E-state index is -0.337. The molecule has 1 saturated heterocycles. The van der Waals surface area contributed by atoms with Crippen LogP contribution in [-0.2, 0) is 5.41 Å². The van der Waals surface area contributed by atoms with Gasteiger partial charge in [-0.25, -0.2) is 4.99 Å². The lowest BCUT2D eigenvalue weighted by Gasteiger charge is -2.33. The topological polar surface area (TPSA) is 127 Å². The summed E-state index contributed by atoms with van der Waals surface area (Å²) in [5, 5.41) is 13.8. The van der Waals surface area contributed by atoms with E-state index in [0.29, 0.717) is 30.8 Å². The van der Waals surface area contributed by atoms with Crippen molar-refractivity contribution in [3.8, 4) is 0 Å². The van der Waals surface area contributed by atoms with Crippen LogP contribution in [0.5, 0.6) is 0 Å². The van der Waals surface area contributed by atoms with Crippen molar-refractivity contribution >= 4 is 17.8 Å². The summed E-state index contributed by atoms with van der Waals surface area (Å²) in [5.74, 6) is 1.37. The first-order valence-electron chi connectivity index (χ1n) is 9.70. The SMILES string of the molecule is C=C(N)N=C/C(=C\N)c1ccc(C(C)(c2noc(N3CC(O)C3)n2)C2CC2)cc1. The number of aromatic nitrogens is 2. The molecule has 1 aromatic carbocycles. The monoisotopic (exact) mass is 394 g/mol. The number of aliphatic imine (C=N–C) groups is 1. The largest absolute Gasteiger partial charge is 0.404 e. The molecule has 1 saturated carbocycles. The number of benzene rings is 1. The lowest BCUT2D eigenvalue weighted by molar-refractivity contribution is 0.135. The van der Waals surface area contributed by atoms with E-state index in [1.54, 1.807) is 6.21 Å². The first kappa shape index (κ1) is 19.2. The second kappa shape index (κ2) is 7.36. The maximum absolute atomic E-state index is 9.52. The molecule has 0 spiro atoms. The van der Waals surface area contributed by atoms with Gasteiger partial charge in [0.2, 0.25) is 0 Å². The molecule has 1 aliphatic heterocycles. The van der Waals surface area contributed by atoms with Gasteiger partial charge >= 0.3 is 6.01 Å². The van der Waals surface area contributed by atoms with Crippen LogP contribution in [0.4, 0.5) is 6.01 Å². The third-order valence-corrected chi connectivity index (χ3v) is 5.77. The van der Waals surface area contributed by atoms with Crippen LogP contribution in [-0.4, -0.2) is 40.7 Å². The molecule has 2 aliphatic rings. The zero-order valence-electron chi connectivity index (χ0n) is 16.5.